The Morgan fingerprint density at radius 1 is 1.09 bits per heavy atom. The van der Waals surface area contributed by atoms with Gasteiger partial charge in [0.2, 0.25) is 5.91 Å². The summed E-state index contributed by atoms with van der Waals surface area (Å²) >= 11 is 5.96. The largest absolute Gasteiger partial charge is 0.491 e. The van der Waals surface area contributed by atoms with Crippen LogP contribution in [0.5, 0.6) is 5.75 Å². The molecular weight excluding hydrogens is 619 g/mol. The number of nitrogens with zero attached hydrogens (tertiary/aromatic N) is 4. The van der Waals surface area contributed by atoms with Gasteiger partial charge in [0.25, 0.3) is 0 Å². The molecule has 2 heterocycles. The van der Waals surface area contributed by atoms with Crippen LogP contribution in [0.2, 0.25) is 5.02 Å². The van der Waals surface area contributed by atoms with Crippen molar-refractivity contribution < 1.29 is 33.0 Å². The van der Waals surface area contributed by atoms with Crippen molar-refractivity contribution in [3.63, 3.8) is 0 Å². The van der Waals surface area contributed by atoms with Gasteiger partial charge in [-0.25, -0.2) is 14.4 Å². The molecule has 14 heteroatoms. The monoisotopic (exact) mass is 654 g/mol. The summed E-state index contributed by atoms with van der Waals surface area (Å²) in [5.74, 6) is -0.369. The average molecular weight is 655 g/mol. The van der Waals surface area contributed by atoms with Crippen molar-refractivity contribution in [1.82, 2.24) is 19.8 Å². The predicted molar refractivity (Wildman–Crippen MR) is 171 cm³/mol. The van der Waals surface area contributed by atoms with Crippen molar-refractivity contribution in [3.05, 3.63) is 59.7 Å². The maximum absolute atomic E-state index is 13.7. The molecule has 0 spiro atoms. The summed E-state index contributed by atoms with van der Waals surface area (Å²) in [4.78, 5) is 49.9. The van der Waals surface area contributed by atoms with Crippen molar-refractivity contribution in [3.8, 4) is 5.75 Å². The van der Waals surface area contributed by atoms with Gasteiger partial charge in [-0.1, -0.05) is 17.7 Å². The summed E-state index contributed by atoms with van der Waals surface area (Å²) in [6.45, 7) is 3.44. The van der Waals surface area contributed by atoms with Gasteiger partial charge in [0.1, 0.15) is 29.8 Å². The number of fused-ring (bicyclic) bond motifs is 1. The molecule has 1 aliphatic carbocycles. The molecule has 2 N–H and O–H groups in total. The van der Waals surface area contributed by atoms with E-state index >= 15 is 0 Å². The van der Waals surface area contributed by atoms with Crippen LogP contribution in [0.3, 0.4) is 0 Å². The van der Waals surface area contributed by atoms with E-state index in [1.54, 1.807) is 24.3 Å². The topological polar surface area (TPSA) is 135 Å². The summed E-state index contributed by atoms with van der Waals surface area (Å²) in [6, 6.07) is 7.10. The molecule has 244 valence electrons. The first-order valence-corrected chi connectivity index (χ1v) is 15.3. The van der Waals surface area contributed by atoms with Gasteiger partial charge in [-0.3, -0.25) is 24.2 Å². The molecule has 1 atom stereocenters. The maximum Gasteiger partial charge on any atom is 0.323 e. The fourth-order valence-corrected chi connectivity index (χ4v) is 5.26. The minimum absolute atomic E-state index is 0.0234. The number of aromatic nitrogens is 2. The molecular formula is C32H36ClFN6O6. The van der Waals surface area contributed by atoms with Gasteiger partial charge in [0.05, 0.1) is 43.5 Å². The quantitative estimate of drug-likeness (QED) is 0.203. The van der Waals surface area contributed by atoms with E-state index < -0.39 is 23.8 Å². The zero-order chi connectivity index (χ0) is 32.6. The Morgan fingerprint density at radius 2 is 1.87 bits per heavy atom. The van der Waals surface area contributed by atoms with E-state index in [1.807, 2.05) is 4.90 Å². The van der Waals surface area contributed by atoms with Crippen LogP contribution in [0.1, 0.15) is 19.3 Å². The number of esters is 2. The molecule has 1 amide bonds. The first-order chi connectivity index (χ1) is 22.2. The van der Waals surface area contributed by atoms with Crippen molar-refractivity contribution in [2.45, 2.75) is 25.3 Å². The Balaban J connectivity index is 1.24. The second-order valence-electron chi connectivity index (χ2n) is 11.1. The number of hydrogen-bond acceptors (Lipinski definition) is 11. The van der Waals surface area contributed by atoms with Crippen molar-refractivity contribution in [1.29, 1.82) is 0 Å². The lowest BCUT2D eigenvalue weighted by Gasteiger charge is -2.37. The Labute approximate surface area is 270 Å². The van der Waals surface area contributed by atoms with Gasteiger partial charge in [0.15, 0.2) is 0 Å². The molecule has 1 unspecified atom stereocenters. The molecule has 0 bridgehead atoms. The number of ether oxygens (including phenoxy) is 3. The maximum atomic E-state index is 13.7. The summed E-state index contributed by atoms with van der Waals surface area (Å²) < 4.78 is 29.4. The number of methoxy groups -OCH3 is 2. The predicted octanol–water partition coefficient (Wildman–Crippen LogP) is 4.17. The van der Waals surface area contributed by atoms with Gasteiger partial charge < -0.3 is 24.8 Å². The summed E-state index contributed by atoms with van der Waals surface area (Å²) in [5.41, 5.74) is 1.61. The fourth-order valence-electron chi connectivity index (χ4n) is 5.08. The van der Waals surface area contributed by atoms with Gasteiger partial charge in [0, 0.05) is 55.9 Å². The van der Waals surface area contributed by atoms with Crippen molar-refractivity contribution in [2.75, 3.05) is 64.2 Å². The van der Waals surface area contributed by atoms with Crippen LogP contribution in [0.4, 0.5) is 21.6 Å². The first kappa shape index (κ1) is 33.0. The number of hydrogen-bond donors (Lipinski definition) is 2. The number of amides is 1. The second-order valence-corrected chi connectivity index (χ2v) is 11.6. The summed E-state index contributed by atoms with van der Waals surface area (Å²) in [5, 5.41) is 6.68. The van der Waals surface area contributed by atoms with E-state index in [4.69, 9.17) is 25.8 Å². The van der Waals surface area contributed by atoms with Gasteiger partial charge in [-0.2, -0.15) is 0 Å². The highest BCUT2D eigenvalue weighted by molar-refractivity contribution is 6.31. The number of benzene rings is 2. The highest BCUT2D eigenvalue weighted by Gasteiger charge is 2.32. The molecule has 1 aliphatic heterocycles. The van der Waals surface area contributed by atoms with E-state index in [0.29, 0.717) is 79.1 Å². The van der Waals surface area contributed by atoms with Crippen LogP contribution >= 0.6 is 11.6 Å². The van der Waals surface area contributed by atoms with E-state index in [0.717, 1.165) is 12.8 Å². The zero-order valence-corrected chi connectivity index (χ0v) is 26.4. The molecule has 3 aromatic rings. The molecule has 0 radical (unpaired) electrons. The molecule has 46 heavy (non-hydrogen) atoms. The Morgan fingerprint density at radius 3 is 2.57 bits per heavy atom. The summed E-state index contributed by atoms with van der Waals surface area (Å²) in [7, 11) is 2.58. The minimum Gasteiger partial charge on any atom is -0.491 e. The van der Waals surface area contributed by atoms with Gasteiger partial charge in [-0.05, 0) is 43.0 Å². The smallest absolute Gasteiger partial charge is 0.323 e. The van der Waals surface area contributed by atoms with E-state index in [2.05, 4.69) is 25.5 Å². The van der Waals surface area contributed by atoms with E-state index in [9.17, 15) is 18.8 Å². The number of nitrogens with one attached hydrogen (secondary N) is 2. The van der Waals surface area contributed by atoms with Crippen LogP contribution in [-0.4, -0.2) is 97.2 Å². The van der Waals surface area contributed by atoms with Gasteiger partial charge >= 0.3 is 11.9 Å². The molecule has 5 rings (SSSR count). The number of halogens is 2. The highest BCUT2D eigenvalue weighted by Crippen LogP contribution is 2.36. The number of carbonyl (C=O) groups excluding carboxylic acids is 3. The number of piperazine rings is 1. The zero-order valence-electron chi connectivity index (χ0n) is 25.6. The molecule has 1 saturated heterocycles. The van der Waals surface area contributed by atoms with Crippen LogP contribution in [0, 0.1) is 11.7 Å². The molecule has 2 aliphatic rings. The second kappa shape index (κ2) is 15.3. The normalized spacial score (nSPS) is 16.3. The molecule has 1 saturated carbocycles. The van der Waals surface area contributed by atoms with Crippen LogP contribution < -0.4 is 15.4 Å². The third kappa shape index (κ3) is 8.68. The molecule has 12 nitrogen and oxygen atoms in total. The Hall–Kier alpha value is -4.33. The van der Waals surface area contributed by atoms with E-state index in [1.165, 1.54) is 38.8 Å². The average Bonchev–Trinajstić information content (AvgIpc) is 3.89. The lowest BCUT2D eigenvalue weighted by Crippen LogP contribution is -2.53. The van der Waals surface area contributed by atoms with E-state index in [-0.39, 0.29) is 17.4 Å². The lowest BCUT2D eigenvalue weighted by atomic mass is 10.1. The lowest BCUT2D eigenvalue weighted by molar-refractivity contribution is -0.154. The number of rotatable bonds is 13. The first-order valence-electron chi connectivity index (χ1n) is 15.0. The Kier molecular flexibility index (Phi) is 11.0. The molecule has 2 aromatic carbocycles. The summed E-state index contributed by atoms with van der Waals surface area (Å²) in [6.07, 6.45) is 6.80. The third-order valence-electron chi connectivity index (χ3n) is 7.89. The number of carbonyl (C=O) groups is 3. The van der Waals surface area contributed by atoms with Crippen LogP contribution in [0.15, 0.2) is 48.8 Å². The van der Waals surface area contributed by atoms with Crippen molar-refractivity contribution >= 4 is 57.5 Å². The number of anilines is 3. The van der Waals surface area contributed by atoms with Crippen LogP contribution in [-0.2, 0) is 23.9 Å². The standard InChI is InChI=1S/C32H36ClFN6O6/c1-44-30(42)17-27(32(43)45-2)40-12-10-39(11-13-40)9-3-4-29(41)38-26-15-22-25(16-28(26)46-18-20-5-6-20)35-19-36-31(22)37-21-7-8-24(34)23(33)14-21/h3-4,7-8,14-16,19-20,27H,5-6,9-13,17-18H2,1-2H3,(H,38,41)(H,35,36,37). The SMILES string of the molecule is COC(=O)CC(C(=O)OC)N1CCN(CC=CC(=O)Nc2cc3c(Nc4ccc(F)c(Cl)c4)ncnc3cc2OCC2CC2)CC1. The third-order valence-corrected chi connectivity index (χ3v) is 8.18. The fraction of sp³-hybridized carbons (Fsp3) is 0.406. The molecule has 2 fully saturated rings. The Bertz CT molecular complexity index is 1610. The molecule has 1 aromatic heterocycles. The van der Waals surface area contributed by atoms with Crippen molar-refractivity contribution in [2.24, 2.45) is 5.92 Å². The van der Waals surface area contributed by atoms with Gasteiger partial charge in [-0.15, -0.1) is 0 Å². The minimum atomic E-state index is -0.700. The highest BCUT2D eigenvalue weighted by atomic mass is 35.5. The van der Waals surface area contributed by atoms with Crippen LogP contribution in [0.25, 0.3) is 10.9 Å².